The number of esters is 1. The van der Waals surface area contributed by atoms with E-state index in [0.717, 1.165) is 24.1 Å². The Kier molecular flexibility index (Phi) is 6.16. The van der Waals surface area contributed by atoms with E-state index in [0.29, 0.717) is 19.4 Å². The predicted molar refractivity (Wildman–Crippen MR) is 105 cm³/mol. The Morgan fingerprint density at radius 3 is 2.48 bits per heavy atom. The molecule has 5 nitrogen and oxygen atoms in total. The summed E-state index contributed by atoms with van der Waals surface area (Å²) in [6.45, 7) is 8.64. The second-order valence-corrected chi connectivity index (χ2v) is 8.51. The van der Waals surface area contributed by atoms with Gasteiger partial charge in [0.1, 0.15) is 11.9 Å². The highest BCUT2D eigenvalue weighted by atomic mass is 16.7. The van der Waals surface area contributed by atoms with Gasteiger partial charge in [0, 0.05) is 6.42 Å². The summed E-state index contributed by atoms with van der Waals surface area (Å²) in [5, 5.41) is 0. The van der Waals surface area contributed by atoms with Crippen molar-refractivity contribution in [1.82, 2.24) is 0 Å². The molecule has 0 spiro atoms. The first-order valence-corrected chi connectivity index (χ1v) is 10.0. The smallest absolute Gasteiger partial charge is 0.494 e. The average molecular weight is 374 g/mol. The van der Waals surface area contributed by atoms with Gasteiger partial charge < -0.3 is 18.8 Å². The molecule has 1 aliphatic heterocycles. The molecule has 1 heterocycles. The molecule has 27 heavy (non-hydrogen) atoms. The van der Waals surface area contributed by atoms with E-state index in [9.17, 15) is 4.79 Å². The Labute approximate surface area is 162 Å². The van der Waals surface area contributed by atoms with Crippen molar-refractivity contribution in [2.45, 2.75) is 83.5 Å². The van der Waals surface area contributed by atoms with E-state index in [1.54, 1.807) is 0 Å². The van der Waals surface area contributed by atoms with E-state index in [1.165, 1.54) is 12.8 Å². The summed E-state index contributed by atoms with van der Waals surface area (Å²) in [5.41, 5.74) is 0.203. The summed E-state index contributed by atoms with van der Waals surface area (Å²) in [7, 11) is -0.403. The Hall–Kier alpha value is -1.53. The summed E-state index contributed by atoms with van der Waals surface area (Å²) in [4.78, 5) is 11.8. The third-order valence-corrected chi connectivity index (χ3v) is 5.78. The summed E-state index contributed by atoms with van der Waals surface area (Å²) >= 11 is 0. The molecule has 0 unspecified atom stereocenters. The molecule has 1 saturated heterocycles. The molecular formula is C21H31BO5. The predicted octanol–water partition coefficient (Wildman–Crippen LogP) is 3.63. The molecule has 2 fully saturated rings. The number of carbonyl (C=O) groups is 1. The summed E-state index contributed by atoms with van der Waals surface area (Å²) < 4.78 is 23.4. The van der Waals surface area contributed by atoms with Gasteiger partial charge >= 0.3 is 13.1 Å². The maximum absolute atomic E-state index is 11.8. The topological polar surface area (TPSA) is 54.0 Å². The van der Waals surface area contributed by atoms with Gasteiger partial charge in [-0.1, -0.05) is 12.1 Å². The molecular weight excluding hydrogens is 343 g/mol. The van der Waals surface area contributed by atoms with Crippen LogP contribution in [-0.2, 0) is 18.8 Å². The molecule has 2 aliphatic rings. The number of hydrogen-bond acceptors (Lipinski definition) is 5. The van der Waals surface area contributed by atoms with Crippen LogP contribution in [0.4, 0.5) is 0 Å². The second-order valence-electron chi connectivity index (χ2n) is 8.51. The van der Waals surface area contributed by atoms with Gasteiger partial charge in [-0.2, -0.15) is 0 Å². The Morgan fingerprint density at radius 2 is 1.81 bits per heavy atom. The Balaban J connectivity index is 1.45. The van der Waals surface area contributed by atoms with E-state index < -0.39 is 7.12 Å². The average Bonchev–Trinajstić information content (AvgIpc) is 3.18. The van der Waals surface area contributed by atoms with Crippen LogP contribution in [0.5, 0.6) is 5.75 Å². The fourth-order valence-corrected chi connectivity index (χ4v) is 3.39. The number of rotatable bonds is 7. The molecule has 1 aliphatic carbocycles. The lowest BCUT2D eigenvalue weighted by Gasteiger charge is -2.32. The number of benzene rings is 1. The third-order valence-electron chi connectivity index (χ3n) is 5.78. The first-order valence-electron chi connectivity index (χ1n) is 10.0. The van der Waals surface area contributed by atoms with Crippen molar-refractivity contribution in [3.05, 3.63) is 24.3 Å². The number of hydrogen-bond donors (Lipinski definition) is 0. The first-order chi connectivity index (χ1) is 12.8. The lowest BCUT2D eigenvalue weighted by Crippen LogP contribution is -2.41. The Morgan fingerprint density at radius 1 is 1.15 bits per heavy atom. The largest absolute Gasteiger partial charge is 0.494 e. The SMILES string of the molecule is CC1(C)OB(c2cccc(OCCCC(=O)OC3CCCC3)c2)OC1(C)C. The van der Waals surface area contributed by atoms with Crippen LogP contribution in [0, 0.1) is 0 Å². The van der Waals surface area contributed by atoms with Crippen LogP contribution < -0.4 is 10.2 Å². The molecule has 0 amide bonds. The van der Waals surface area contributed by atoms with Gasteiger partial charge in [-0.15, -0.1) is 0 Å². The highest BCUT2D eigenvalue weighted by Gasteiger charge is 2.51. The van der Waals surface area contributed by atoms with Gasteiger partial charge in [-0.25, -0.2) is 0 Å². The normalized spacial score (nSPS) is 21.4. The maximum Gasteiger partial charge on any atom is 0.494 e. The van der Waals surface area contributed by atoms with E-state index in [2.05, 4.69) is 0 Å². The van der Waals surface area contributed by atoms with Crippen molar-refractivity contribution >= 4 is 18.6 Å². The molecule has 1 aromatic carbocycles. The van der Waals surface area contributed by atoms with E-state index in [1.807, 2.05) is 52.0 Å². The lowest BCUT2D eigenvalue weighted by atomic mass is 9.79. The maximum atomic E-state index is 11.8. The van der Waals surface area contributed by atoms with Crippen molar-refractivity contribution < 1.29 is 23.6 Å². The standard InChI is InChI=1S/C21H31BO5/c1-20(2)21(3,4)27-22(26-20)16-9-7-12-18(15-16)24-14-8-13-19(23)25-17-10-5-6-11-17/h7,9,12,15,17H,5-6,8,10-11,13-14H2,1-4H3. The second kappa shape index (κ2) is 8.23. The molecule has 1 saturated carbocycles. The van der Waals surface area contributed by atoms with Crippen molar-refractivity contribution in [3.63, 3.8) is 0 Å². The van der Waals surface area contributed by atoms with Gasteiger partial charge in [0.05, 0.1) is 17.8 Å². The van der Waals surface area contributed by atoms with Crippen molar-refractivity contribution in [3.8, 4) is 5.75 Å². The zero-order valence-corrected chi connectivity index (χ0v) is 17.0. The lowest BCUT2D eigenvalue weighted by molar-refractivity contribution is -0.148. The van der Waals surface area contributed by atoms with Crippen LogP contribution in [0.3, 0.4) is 0 Å². The van der Waals surface area contributed by atoms with Crippen molar-refractivity contribution in [1.29, 1.82) is 0 Å². The Bertz CT molecular complexity index is 636. The van der Waals surface area contributed by atoms with Crippen molar-refractivity contribution in [2.75, 3.05) is 6.61 Å². The van der Waals surface area contributed by atoms with Crippen LogP contribution >= 0.6 is 0 Å². The summed E-state index contributed by atoms with van der Waals surface area (Å²) in [6, 6.07) is 7.77. The monoisotopic (exact) mass is 374 g/mol. The molecule has 6 heteroatoms. The van der Waals surface area contributed by atoms with Gasteiger partial charge in [0.2, 0.25) is 0 Å². The minimum Gasteiger partial charge on any atom is -0.494 e. The summed E-state index contributed by atoms with van der Waals surface area (Å²) in [5.74, 6) is 0.642. The van der Waals surface area contributed by atoms with E-state index >= 15 is 0 Å². The van der Waals surface area contributed by atoms with Gasteiger partial charge in [-0.3, -0.25) is 4.79 Å². The van der Waals surface area contributed by atoms with Crippen LogP contribution in [0.15, 0.2) is 24.3 Å². The van der Waals surface area contributed by atoms with Gasteiger partial charge in [0.15, 0.2) is 0 Å². The van der Waals surface area contributed by atoms with Crippen LogP contribution in [-0.4, -0.2) is 37.0 Å². The van der Waals surface area contributed by atoms with Gasteiger partial charge in [-0.05, 0) is 77.4 Å². The molecule has 0 aromatic heterocycles. The molecule has 0 bridgehead atoms. The minimum atomic E-state index is -0.403. The minimum absolute atomic E-state index is 0.114. The van der Waals surface area contributed by atoms with Crippen LogP contribution in [0.1, 0.15) is 66.2 Å². The fourth-order valence-electron chi connectivity index (χ4n) is 3.39. The highest BCUT2D eigenvalue weighted by molar-refractivity contribution is 6.62. The zero-order valence-electron chi connectivity index (χ0n) is 17.0. The third kappa shape index (κ3) is 5.05. The van der Waals surface area contributed by atoms with Crippen molar-refractivity contribution in [2.24, 2.45) is 0 Å². The molecule has 148 valence electrons. The first kappa shape index (κ1) is 20.2. The van der Waals surface area contributed by atoms with Crippen LogP contribution in [0.25, 0.3) is 0 Å². The molecule has 3 rings (SSSR count). The van der Waals surface area contributed by atoms with E-state index in [4.69, 9.17) is 18.8 Å². The molecule has 0 atom stereocenters. The van der Waals surface area contributed by atoms with Crippen LogP contribution in [0.2, 0.25) is 0 Å². The number of ether oxygens (including phenoxy) is 2. The quantitative estimate of drug-likeness (QED) is 0.415. The zero-order chi connectivity index (χ0) is 19.5. The summed E-state index contributed by atoms with van der Waals surface area (Å²) in [6.07, 6.45) is 5.53. The van der Waals surface area contributed by atoms with E-state index in [-0.39, 0.29) is 23.3 Å². The highest BCUT2D eigenvalue weighted by Crippen LogP contribution is 2.36. The number of carbonyl (C=O) groups excluding carboxylic acids is 1. The van der Waals surface area contributed by atoms with Gasteiger partial charge in [0.25, 0.3) is 0 Å². The molecule has 0 radical (unpaired) electrons. The molecule has 0 N–H and O–H groups in total. The molecule has 1 aromatic rings. The fraction of sp³-hybridized carbons (Fsp3) is 0.667.